The van der Waals surface area contributed by atoms with Crippen LogP contribution < -0.4 is 10.0 Å². The summed E-state index contributed by atoms with van der Waals surface area (Å²) < 4.78 is 22.9. The number of sulfonamides is 1. The van der Waals surface area contributed by atoms with Crippen molar-refractivity contribution in [2.75, 3.05) is 11.9 Å². The number of non-ortho nitro benzene ring substituents is 1. The summed E-state index contributed by atoms with van der Waals surface area (Å²) in [5.74, 6) is 0. The van der Waals surface area contributed by atoms with Gasteiger partial charge in [-0.3, -0.25) is 20.1 Å². The number of nitro groups is 1. The summed E-state index contributed by atoms with van der Waals surface area (Å²) in [6.07, 6.45) is 4.59. The van der Waals surface area contributed by atoms with E-state index in [0.29, 0.717) is 17.9 Å². The topological polar surface area (TPSA) is 132 Å². The number of aromatic nitrogens is 2. The van der Waals surface area contributed by atoms with Crippen LogP contribution >= 0.6 is 0 Å². The molecule has 9 nitrogen and oxygen atoms in total. The molecule has 22 heavy (non-hydrogen) atoms. The van der Waals surface area contributed by atoms with Gasteiger partial charge < -0.3 is 4.90 Å². The number of nitrogens with two attached hydrogens (primary N) is 1. The highest BCUT2D eigenvalue weighted by Crippen LogP contribution is 2.26. The number of primary sulfonamides is 1. The van der Waals surface area contributed by atoms with Crippen LogP contribution in [0.2, 0.25) is 0 Å². The average molecular weight is 323 g/mol. The molecule has 116 valence electrons. The molecule has 2 N–H and O–H groups in total. The molecule has 0 radical (unpaired) electrons. The summed E-state index contributed by atoms with van der Waals surface area (Å²) in [5.41, 5.74) is 0.616. The van der Waals surface area contributed by atoms with Crippen LogP contribution in [0.15, 0.2) is 41.7 Å². The Kier molecular flexibility index (Phi) is 4.33. The summed E-state index contributed by atoms with van der Waals surface area (Å²) in [6.45, 7) is 0.305. The van der Waals surface area contributed by atoms with Gasteiger partial charge in [0.15, 0.2) is 0 Å². The molecule has 0 amide bonds. The lowest BCUT2D eigenvalue weighted by atomic mass is 10.2. The van der Waals surface area contributed by atoms with Gasteiger partial charge in [0.1, 0.15) is 0 Å². The largest absolute Gasteiger partial charge is 0.368 e. The first kappa shape index (κ1) is 15.8. The Morgan fingerprint density at radius 2 is 2.05 bits per heavy atom. The van der Waals surface area contributed by atoms with E-state index in [1.54, 1.807) is 18.1 Å². The highest BCUT2D eigenvalue weighted by atomic mass is 32.2. The van der Waals surface area contributed by atoms with Gasteiger partial charge in [0.25, 0.3) is 5.69 Å². The van der Waals surface area contributed by atoms with E-state index in [1.807, 2.05) is 0 Å². The maximum absolute atomic E-state index is 11.5. The monoisotopic (exact) mass is 323 g/mol. The molecular formula is C12H13N5O4S. The molecule has 1 heterocycles. The SMILES string of the molecule is CN(Cc1cnccn1)c1cc([N+](=O)[O-])cc(S(N)(=O)=O)c1. The Labute approximate surface area is 126 Å². The van der Waals surface area contributed by atoms with Crippen molar-refractivity contribution in [2.45, 2.75) is 11.4 Å². The Bertz CT molecular complexity index is 794. The van der Waals surface area contributed by atoms with Crippen LogP contribution in [0.25, 0.3) is 0 Å². The third kappa shape index (κ3) is 3.74. The normalized spacial score (nSPS) is 11.2. The summed E-state index contributed by atoms with van der Waals surface area (Å²) in [7, 11) is -2.39. The van der Waals surface area contributed by atoms with Crippen LogP contribution in [-0.4, -0.2) is 30.4 Å². The van der Waals surface area contributed by atoms with Gasteiger partial charge in [-0.15, -0.1) is 0 Å². The minimum Gasteiger partial charge on any atom is -0.368 e. The van der Waals surface area contributed by atoms with E-state index in [2.05, 4.69) is 9.97 Å². The molecule has 2 rings (SSSR count). The van der Waals surface area contributed by atoms with Crippen molar-refractivity contribution in [2.24, 2.45) is 5.14 Å². The highest BCUT2D eigenvalue weighted by Gasteiger charge is 2.18. The van der Waals surface area contributed by atoms with E-state index in [0.717, 1.165) is 6.07 Å². The maximum Gasteiger partial charge on any atom is 0.272 e. The quantitative estimate of drug-likeness (QED) is 0.631. The number of hydrogen-bond acceptors (Lipinski definition) is 7. The van der Waals surface area contributed by atoms with Crippen LogP contribution in [0.4, 0.5) is 11.4 Å². The Morgan fingerprint density at radius 3 is 2.59 bits per heavy atom. The van der Waals surface area contributed by atoms with Gasteiger partial charge in [-0.05, 0) is 6.07 Å². The van der Waals surface area contributed by atoms with Gasteiger partial charge in [0.05, 0.1) is 28.3 Å². The van der Waals surface area contributed by atoms with Crippen molar-refractivity contribution >= 4 is 21.4 Å². The van der Waals surface area contributed by atoms with Crippen molar-refractivity contribution < 1.29 is 13.3 Å². The molecule has 0 fully saturated rings. The Hall–Kier alpha value is -2.59. The van der Waals surface area contributed by atoms with Crippen molar-refractivity contribution in [1.82, 2.24) is 9.97 Å². The zero-order valence-corrected chi connectivity index (χ0v) is 12.4. The lowest BCUT2D eigenvalue weighted by Gasteiger charge is -2.19. The standard InChI is InChI=1S/C12H13N5O4S/c1-16(8-9-7-14-2-3-15-9)10-4-11(17(18)19)6-12(5-10)22(13,20)21/h2-7H,8H2,1H3,(H2,13,20,21). The van der Waals surface area contributed by atoms with Crippen molar-refractivity contribution in [1.29, 1.82) is 0 Å². The Morgan fingerprint density at radius 1 is 1.32 bits per heavy atom. The molecule has 1 aromatic carbocycles. The molecule has 0 aliphatic heterocycles. The summed E-state index contributed by atoms with van der Waals surface area (Å²) in [6, 6.07) is 3.47. The van der Waals surface area contributed by atoms with Crippen LogP contribution in [-0.2, 0) is 16.6 Å². The van der Waals surface area contributed by atoms with Gasteiger partial charge in [-0.25, -0.2) is 13.6 Å². The van der Waals surface area contributed by atoms with Gasteiger partial charge in [0.2, 0.25) is 10.0 Å². The van der Waals surface area contributed by atoms with Crippen LogP contribution in [0.3, 0.4) is 0 Å². The predicted molar refractivity (Wildman–Crippen MR) is 78.6 cm³/mol. The van der Waals surface area contributed by atoms with E-state index < -0.39 is 14.9 Å². The number of nitrogens with zero attached hydrogens (tertiary/aromatic N) is 4. The molecule has 0 saturated carbocycles. The fourth-order valence-corrected chi connectivity index (χ4v) is 2.37. The van der Waals surface area contributed by atoms with Gasteiger partial charge in [-0.1, -0.05) is 0 Å². The van der Waals surface area contributed by atoms with E-state index in [9.17, 15) is 18.5 Å². The smallest absolute Gasteiger partial charge is 0.272 e. The second-order valence-electron chi connectivity index (χ2n) is 4.54. The summed E-state index contributed by atoms with van der Waals surface area (Å²) >= 11 is 0. The summed E-state index contributed by atoms with van der Waals surface area (Å²) in [5, 5.41) is 16.0. The van der Waals surface area contributed by atoms with Gasteiger partial charge >= 0.3 is 0 Å². The lowest BCUT2D eigenvalue weighted by molar-refractivity contribution is -0.385. The van der Waals surface area contributed by atoms with Crippen molar-refractivity contribution in [3.05, 3.63) is 52.6 Å². The molecule has 0 saturated heterocycles. The third-order valence-electron chi connectivity index (χ3n) is 2.87. The van der Waals surface area contributed by atoms with Crippen molar-refractivity contribution in [3.8, 4) is 0 Å². The third-order valence-corrected chi connectivity index (χ3v) is 3.76. The predicted octanol–water partition coefficient (Wildman–Crippen LogP) is 0.669. The van der Waals surface area contributed by atoms with E-state index in [-0.39, 0.29) is 10.6 Å². The molecule has 1 aromatic heterocycles. The second-order valence-corrected chi connectivity index (χ2v) is 6.10. The molecule has 0 atom stereocenters. The van der Waals surface area contributed by atoms with Crippen molar-refractivity contribution in [3.63, 3.8) is 0 Å². The van der Waals surface area contributed by atoms with Crippen LogP contribution in [0, 0.1) is 10.1 Å². The second kappa shape index (κ2) is 6.03. The molecular weight excluding hydrogens is 310 g/mol. The lowest BCUT2D eigenvalue weighted by Crippen LogP contribution is -2.19. The maximum atomic E-state index is 11.5. The van der Waals surface area contributed by atoms with E-state index >= 15 is 0 Å². The minimum absolute atomic E-state index is 0.305. The first-order chi connectivity index (χ1) is 10.3. The average Bonchev–Trinajstić information content (AvgIpc) is 2.46. The Balaban J connectivity index is 2.41. The molecule has 0 spiro atoms. The first-order valence-corrected chi connectivity index (χ1v) is 7.60. The number of rotatable bonds is 5. The van der Waals surface area contributed by atoms with Gasteiger partial charge in [0, 0.05) is 37.3 Å². The zero-order valence-electron chi connectivity index (χ0n) is 11.6. The van der Waals surface area contributed by atoms with Gasteiger partial charge in [-0.2, -0.15) is 0 Å². The minimum atomic E-state index is -4.05. The molecule has 0 aliphatic rings. The number of hydrogen-bond donors (Lipinski definition) is 1. The van der Waals surface area contributed by atoms with Crippen LogP contribution in [0.5, 0.6) is 0 Å². The molecule has 0 aliphatic carbocycles. The van der Waals surface area contributed by atoms with Crippen LogP contribution in [0.1, 0.15) is 5.69 Å². The molecule has 0 bridgehead atoms. The van der Waals surface area contributed by atoms with E-state index in [4.69, 9.17) is 5.14 Å². The molecule has 0 unspecified atom stereocenters. The zero-order chi connectivity index (χ0) is 16.3. The number of benzene rings is 1. The summed E-state index contributed by atoms with van der Waals surface area (Å²) in [4.78, 5) is 19.6. The number of anilines is 1. The molecule has 10 heteroatoms. The fraction of sp³-hybridized carbons (Fsp3) is 0.167. The number of nitro benzene ring substituents is 1. The van der Waals surface area contributed by atoms with E-state index in [1.165, 1.54) is 24.5 Å². The molecule has 2 aromatic rings. The highest BCUT2D eigenvalue weighted by molar-refractivity contribution is 7.89. The first-order valence-electron chi connectivity index (χ1n) is 6.05. The fourth-order valence-electron chi connectivity index (χ4n) is 1.80.